The third kappa shape index (κ3) is 4.34. The highest BCUT2D eigenvalue weighted by molar-refractivity contribution is 5.72. The van der Waals surface area contributed by atoms with Crippen LogP contribution in [0.1, 0.15) is 49.6 Å². The molecular formula is C22H29N3O4. The minimum atomic E-state index is -0.419. The van der Waals surface area contributed by atoms with Gasteiger partial charge in [-0.2, -0.15) is 0 Å². The number of hydrogen-bond acceptors (Lipinski definition) is 6. The minimum Gasteiger partial charge on any atom is -0.507 e. The summed E-state index contributed by atoms with van der Waals surface area (Å²) in [6.07, 6.45) is 4.73. The molecule has 156 valence electrons. The van der Waals surface area contributed by atoms with Crippen molar-refractivity contribution < 1.29 is 14.6 Å². The van der Waals surface area contributed by atoms with Crippen molar-refractivity contribution in [2.75, 3.05) is 19.7 Å². The second-order valence-electron chi connectivity index (χ2n) is 7.39. The molecule has 2 aromatic heterocycles. The monoisotopic (exact) mass is 399 g/mol. The Balaban J connectivity index is 1.99. The van der Waals surface area contributed by atoms with Crippen LogP contribution in [-0.2, 0) is 16.1 Å². The lowest BCUT2D eigenvalue weighted by atomic mass is 9.91. The van der Waals surface area contributed by atoms with Gasteiger partial charge in [-0.25, -0.2) is 0 Å². The number of esters is 1. The Morgan fingerprint density at radius 1 is 1.34 bits per heavy atom. The normalized spacial score (nSPS) is 16.5. The fourth-order valence-electron chi connectivity index (χ4n) is 4.17. The molecule has 1 aliphatic heterocycles. The summed E-state index contributed by atoms with van der Waals surface area (Å²) in [6.45, 7) is 7.71. The Bertz CT molecular complexity index is 902. The molecule has 0 aliphatic carbocycles. The first kappa shape index (κ1) is 21.0. The van der Waals surface area contributed by atoms with E-state index >= 15 is 0 Å². The van der Waals surface area contributed by atoms with Crippen molar-refractivity contribution in [2.45, 2.75) is 46.2 Å². The molecule has 1 N–H and O–H groups in total. The highest BCUT2D eigenvalue weighted by Gasteiger charge is 2.34. The van der Waals surface area contributed by atoms with Crippen molar-refractivity contribution in [3.63, 3.8) is 0 Å². The maximum atomic E-state index is 13.2. The Morgan fingerprint density at radius 3 is 2.66 bits per heavy atom. The number of ether oxygens (including phenoxy) is 1. The highest BCUT2D eigenvalue weighted by atomic mass is 16.5. The van der Waals surface area contributed by atoms with Crippen LogP contribution >= 0.6 is 0 Å². The van der Waals surface area contributed by atoms with E-state index in [9.17, 15) is 14.7 Å². The number of aryl methyl sites for hydroxylation is 1. The Kier molecular flexibility index (Phi) is 6.69. The summed E-state index contributed by atoms with van der Waals surface area (Å²) < 4.78 is 6.84. The van der Waals surface area contributed by atoms with E-state index in [2.05, 4.69) is 9.88 Å². The molecule has 1 atom stereocenters. The van der Waals surface area contributed by atoms with Crippen molar-refractivity contribution in [3.05, 3.63) is 57.8 Å². The van der Waals surface area contributed by atoms with Gasteiger partial charge in [0.05, 0.1) is 24.1 Å². The number of pyridine rings is 2. The van der Waals surface area contributed by atoms with E-state index < -0.39 is 6.04 Å². The summed E-state index contributed by atoms with van der Waals surface area (Å²) in [5.41, 5.74) is 1.75. The van der Waals surface area contributed by atoms with Crippen LogP contribution in [-0.4, -0.2) is 45.2 Å². The van der Waals surface area contributed by atoms with Gasteiger partial charge in [-0.15, -0.1) is 0 Å². The van der Waals surface area contributed by atoms with Crippen LogP contribution < -0.4 is 5.56 Å². The molecular weight excluding hydrogens is 370 g/mol. The summed E-state index contributed by atoms with van der Waals surface area (Å²) in [5, 5.41) is 10.7. The predicted molar refractivity (Wildman–Crippen MR) is 110 cm³/mol. The van der Waals surface area contributed by atoms with Crippen molar-refractivity contribution in [1.82, 2.24) is 14.5 Å². The molecule has 29 heavy (non-hydrogen) atoms. The maximum absolute atomic E-state index is 13.2. The lowest BCUT2D eigenvalue weighted by Crippen LogP contribution is -2.42. The van der Waals surface area contributed by atoms with Gasteiger partial charge < -0.3 is 14.4 Å². The van der Waals surface area contributed by atoms with Gasteiger partial charge >= 0.3 is 5.97 Å². The summed E-state index contributed by atoms with van der Waals surface area (Å²) in [7, 11) is 0. The molecule has 0 unspecified atom stereocenters. The van der Waals surface area contributed by atoms with Crippen molar-refractivity contribution in [2.24, 2.45) is 5.92 Å². The van der Waals surface area contributed by atoms with E-state index in [-0.39, 0.29) is 23.2 Å². The standard InChI is InChI=1S/C22H29N3O4/c1-4-25-15(3)13-18(26)19(21(25)27)20(17-7-6-10-23-14-17)24-11-8-16(9-12-24)22(28)29-5-2/h6-7,10,13-14,16,20,26H,4-5,8-9,11-12H2,1-3H3/t20-/m1/s1. The number of carbonyl (C=O) groups excluding carboxylic acids is 1. The predicted octanol–water partition coefficient (Wildman–Crippen LogP) is 2.64. The average Bonchev–Trinajstić information content (AvgIpc) is 2.72. The number of likely N-dealkylation sites (tertiary alicyclic amines) is 1. The Morgan fingerprint density at radius 2 is 2.07 bits per heavy atom. The number of aromatic nitrogens is 2. The zero-order valence-electron chi connectivity index (χ0n) is 17.3. The molecule has 1 fully saturated rings. The van der Waals surface area contributed by atoms with Crippen LogP contribution in [0.15, 0.2) is 35.4 Å². The molecule has 2 aromatic rings. The van der Waals surface area contributed by atoms with Crippen molar-refractivity contribution >= 4 is 5.97 Å². The van der Waals surface area contributed by atoms with Gasteiger partial charge in [-0.05, 0) is 64.4 Å². The first-order valence-corrected chi connectivity index (χ1v) is 10.2. The second-order valence-corrected chi connectivity index (χ2v) is 7.39. The third-order valence-electron chi connectivity index (χ3n) is 5.63. The smallest absolute Gasteiger partial charge is 0.309 e. The van der Waals surface area contributed by atoms with E-state index in [1.165, 1.54) is 0 Å². The van der Waals surface area contributed by atoms with Gasteiger partial charge in [0.25, 0.3) is 5.56 Å². The van der Waals surface area contributed by atoms with Crippen LogP contribution in [0.3, 0.4) is 0 Å². The number of carbonyl (C=O) groups is 1. The number of hydrogen-bond donors (Lipinski definition) is 1. The van der Waals surface area contributed by atoms with Gasteiger partial charge in [0, 0.05) is 24.6 Å². The lowest BCUT2D eigenvalue weighted by molar-refractivity contribution is -0.149. The Labute approximate surface area is 171 Å². The van der Waals surface area contributed by atoms with E-state index in [0.29, 0.717) is 44.6 Å². The molecule has 0 spiro atoms. The quantitative estimate of drug-likeness (QED) is 0.752. The molecule has 0 saturated carbocycles. The van der Waals surface area contributed by atoms with E-state index in [0.717, 1.165) is 11.3 Å². The molecule has 0 radical (unpaired) electrons. The summed E-state index contributed by atoms with van der Waals surface area (Å²) in [4.78, 5) is 31.7. The van der Waals surface area contributed by atoms with E-state index in [1.807, 2.05) is 32.9 Å². The van der Waals surface area contributed by atoms with Crippen LogP contribution in [0.5, 0.6) is 5.75 Å². The zero-order valence-corrected chi connectivity index (χ0v) is 17.3. The van der Waals surface area contributed by atoms with Crippen molar-refractivity contribution in [3.8, 4) is 5.75 Å². The molecule has 1 saturated heterocycles. The van der Waals surface area contributed by atoms with Gasteiger partial charge in [-0.1, -0.05) is 6.07 Å². The van der Waals surface area contributed by atoms with Gasteiger partial charge in [0.1, 0.15) is 5.75 Å². The largest absolute Gasteiger partial charge is 0.507 e. The second kappa shape index (κ2) is 9.22. The zero-order chi connectivity index (χ0) is 21.0. The average molecular weight is 399 g/mol. The lowest BCUT2D eigenvalue weighted by Gasteiger charge is -2.37. The molecule has 0 bridgehead atoms. The number of nitrogens with zero attached hydrogens (tertiary/aromatic N) is 3. The van der Waals surface area contributed by atoms with Crippen LogP contribution in [0.4, 0.5) is 0 Å². The van der Waals surface area contributed by atoms with E-state index in [4.69, 9.17) is 4.74 Å². The first-order chi connectivity index (χ1) is 14.0. The topological polar surface area (TPSA) is 84.7 Å². The SMILES string of the molecule is CCOC(=O)C1CCN([C@H](c2cccnc2)c2c(O)cc(C)n(CC)c2=O)CC1. The fourth-order valence-corrected chi connectivity index (χ4v) is 4.17. The molecule has 1 aliphatic rings. The summed E-state index contributed by atoms with van der Waals surface area (Å²) in [6, 6.07) is 4.98. The van der Waals surface area contributed by atoms with E-state index in [1.54, 1.807) is 23.0 Å². The first-order valence-electron chi connectivity index (χ1n) is 10.2. The Hall–Kier alpha value is -2.67. The summed E-state index contributed by atoms with van der Waals surface area (Å²) >= 11 is 0. The van der Waals surface area contributed by atoms with Crippen LogP contribution in [0, 0.1) is 12.8 Å². The number of piperidine rings is 1. The fraction of sp³-hybridized carbons (Fsp3) is 0.500. The number of rotatable bonds is 6. The molecule has 0 aromatic carbocycles. The highest BCUT2D eigenvalue weighted by Crippen LogP contribution is 2.35. The molecule has 3 rings (SSSR count). The molecule has 3 heterocycles. The summed E-state index contributed by atoms with van der Waals surface area (Å²) in [5.74, 6) is -0.283. The maximum Gasteiger partial charge on any atom is 0.309 e. The van der Waals surface area contributed by atoms with Crippen LogP contribution in [0.25, 0.3) is 0 Å². The molecule has 0 amide bonds. The molecule has 7 heteroatoms. The molecule has 7 nitrogen and oxygen atoms in total. The third-order valence-corrected chi connectivity index (χ3v) is 5.63. The van der Waals surface area contributed by atoms with Gasteiger partial charge in [-0.3, -0.25) is 19.5 Å². The van der Waals surface area contributed by atoms with Crippen LogP contribution in [0.2, 0.25) is 0 Å². The van der Waals surface area contributed by atoms with Crippen molar-refractivity contribution in [1.29, 1.82) is 0 Å². The van der Waals surface area contributed by atoms with Gasteiger partial charge in [0.15, 0.2) is 0 Å². The number of aromatic hydroxyl groups is 1. The minimum absolute atomic E-state index is 0.00132. The van der Waals surface area contributed by atoms with Gasteiger partial charge in [0.2, 0.25) is 0 Å².